The van der Waals surface area contributed by atoms with Gasteiger partial charge in [-0.25, -0.2) is 4.79 Å². The van der Waals surface area contributed by atoms with Crippen LogP contribution >= 0.6 is 0 Å². The molecule has 1 unspecified atom stereocenters. The number of rotatable bonds is 6. The first kappa shape index (κ1) is 21.5. The maximum absolute atomic E-state index is 13.2. The molecule has 8 heteroatoms. The lowest BCUT2D eigenvalue weighted by molar-refractivity contribution is -0.133. The van der Waals surface area contributed by atoms with Crippen molar-refractivity contribution in [3.8, 4) is 11.5 Å². The zero-order valence-electron chi connectivity index (χ0n) is 18.5. The number of anilines is 1. The summed E-state index contributed by atoms with van der Waals surface area (Å²) in [4.78, 5) is 39.7. The van der Waals surface area contributed by atoms with Crippen LogP contribution in [0.3, 0.4) is 0 Å². The number of carbonyl (C=O) groups is 3. The van der Waals surface area contributed by atoms with Crippen LogP contribution < -0.4 is 20.1 Å². The number of imide groups is 1. The average molecular weight is 457 g/mol. The number of nitrogens with zero attached hydrogens (tertiary/aromatic N) is 1. The minimum atomic E-state index is -1.32. The summed E-state index contributed by atoms with van der Waals surface area (Å²) >= 11 is 0. The third-order valence-corrected chi connectivity index (χ3v) is 6.06. The fraction of sp³-hybridized carbons (Fsp3) is 0.192. The molecule has 2 aliphatic rings. The van der Waals surface area contributed by atoms with Crippen LogP contribution in [0.1, 0.15) is 23.6 Å². The first-order valence-corrected chi connectivity index (χ1v) is 10.9. The highest BCUT2D eigenvalue weighted by Gasteiger charge is 2.49. The summed E-state index contributed by atoms with van der Waals surface area (Å²) in [5.74, 6) is 0.115. The number of hydrogen-bond acceptors (Lipinski definition) is 5. The number of amides is 4. The monoisotopic (exact) mass is 457 g/mol. The van der Waals surface area contributed by atoms with Crippen LogP contribution in [0.4, 0.5) is 10.5 Å². The van der Waals surface area contributed by atoms with Crippen molar-refractivity contribution >= 4 is 23.5 Å². The molecule has 0 saturated carbocycles. The predicted octanol–water partition coefficient (Wildman–Crippen LogP) is 3.41. The van der Waals surface area contributed by atoms with E-state index in [-0.39, 0.29) is 6.79 Å². The van der Waals surface area contributed by atoms with Gasteiger partial charge in [0.1, 0.15) is 12.1 Å². The Morgan fingerprint density at radius 3 is 2.56 bits per heavy atom. The number of ether oxygens (including phenoxy) is 2. The van der Waals surface area contributed by atoms with Gasteiger partial charge in [0.2, 0.25) is 12.7 Å². The molecular weight excluding hydrogens is 434 g/mol. The number of carbonyl (C=O) groups excluding carboxylic acids is 3. The largest absolute Gasteiger partial charge is 0.454 e. The predicted molar refractivity (Wildman–Crippen MR) is 124 cm³/mol. The third kappa shape index (κ3) is 3.94. The van der Waals surface area contributed by atoms with Gasteiger partial charge in [0.25, 0.3) is 5.91 Å². The third-order valence-electron chi connectivity index (χ3n) is 6.06. The van der Waals surface area contributed by atoms with Crippen molar-refractivity contribution in [3.63, 3.8) is 0 Å². The molecule has 2 aliphatic heterocycles. The standard InChI is InChI=1S/C26H23N3O5/c1-26(19-11-12-21-22(14-19)34-16-33-21)24(31)29(25(32)28-26)15-23(30)27-20-10-6-5-9-18(20)13-17-7-3-2-4-8-17/h2-12,14H,13,15-16H2,1H3,(H,27,30)(H,28,32). The summed E-state index contributed by atoms with van der Waals surface area (Å²) in [5.41, 5.74) is 1.92. The van der Waals surface area contributed by atoms with Crippen LogP contribution in [0.25, 0.3) is 0 Å². The molecule has 0 spiro atoms. The number of hydrogen-bond donors (Lipinski definition) is 2. The van der Waals surface area contributed by atoms with Gasteiger partial charge in [0.15, 0.2) is 11.5 Å². The Balaban J connectivity index is 1.30. The van der Waals surface area contributed by atoms with Gasteiger partial charge >= 0.3 is 6.03 Å². The molecule has 0 aliphatic carbocycles. The second-order valence-corrected chi connectivity index (χ2v) is 8.38. The highest BCUT2D eigenvalue weighted by molar-refractivity contribution is 6.10. The number of fused-ring (bicyclic) bond motifs is 1. The van der Waals surface area contributed by atoms with E-state index in [0.29, 0.717) is 29.2 Å². The summed E-state index contributed by atoms with van der Waals surface area (Å²) in [7, 11) is 0. The van der Waals surface area contributed by atoms with Crippen LogP contribution in [0.5, 0.6) is 11.5 Å². The molecule has 0 bridgehead atoms. The van der Waals surface area contributed by atoms with Gasteiger partial charge in [0.05, 0.1) is 0 Å². The van der Waals surface area contributed by atoms with Gasteiger partial charge in [0, 0.05) is 5.69 Å². The summed E-state index contributed by atoms with van der Waals surface area (Å²) in [5, 5.41) is 5.56. The zero-order valence-corrected chi connectivity index (χ0v) is 18.5. The number of para-hydroxylation sites is 1. The molecule has 1 atom stereocenters. The van der Waals surface area contributed by atoms with E-state index >= 15 is 0 Å². The van der Waals surface area contributed by atoms with Gasteiger partial charge in [-0.1, -0.05) is 54.6 Å². The van der Waals surface area contributed by atoms with Crippen molar-refractivity contribution in [1.82, 2.24) is 10.2 Å². The Morgan fingerprint density at radius 1 is 1.00 bits per heavy atom. The fourth-order valence-corrected chi connectivity index (χ4v) is 4.19. The van der Waals surface area contributed by atoms with Crippen molar-refractivity contribution in [3.05, 3.63) is 89.5 Å². The van der Waals surface area contributed by atoms with Crippen molar-refractivity contribution < 1.29 is 23.9 Å². The van der Waals surface area contributed by atoms with Gasteiger partial charge in [-0.2, -0.15) is 0 Å². The van der Waals surface area contributed by atoms with E-state index < -0.39 is 29.9 Å². The first-order valence-electron chi connectivity index (χ1n) is 10.9. The zero-order chi connectivity index (χ0) is 23.7. The lowest BCUT2D eigenvalue weighted by atomic mass is 9.91. The molecule has 2 N–H and O–H groups in total. The van der Waals surface area contributed by atoms with E-state index in [9.17, 15) is 14.4 Å². The molecule has 8 nitrogen and oxygen atoms in total. The molecule has 2 heterocycles. The van der Waals surface area contributed by atoms with Crippen molar-refractivity contribution in [2.75, 3.05) is 18.7 Å². The SMILES string of the molecule is CC1(c2ccc3c(c2)OCO3)NC(=O)N(CC(=O)Nc2ccccc2Cc2ccccc2)C1=O. The lowest BCUT2D eigenvalue weighted by Crippen LogP contribution is -2.42. The van der Waals surface area contributed by atoms with E-state index in [1.165, 1.54) is 0 Å². The topological polar surface area (TPSA) is 97.0 Å². The van der Waals surface area contributed by atoms with E-state index in [1.54, 1.807) is 31.2 Å². The Bertz CT molecular complexity index is 1280. The van der Waals surface area contributed by atoms with Crippen LogP contribution in [0.2, 0.25) is 0 Å². The van der Waals surface area contributed by atoms with Crippen LogP contribution in [-0.4, -0.2) is 36.1 Å². The van der Waals surface area contributed by atoms with Gasteiger partial charge in [-0.3, -0.25) is 14.5 Å². The molecular formula is C26H23N3O5. The van der Waals surface area contributed by atoms with E-state index in [1.807, 2.05) is 48.5 Å². The lowest BCUT2D eigenvalue weighted by Gasteiger charge is -2.22. The smallest absolute Gasteiger partial charge is 0.325 e. The van der Waals surface area contributed by atoms with Crippen molar-refractivity contribution in [1.29, 1.82) is 0 Å². The summed E-state index contributed by atoms with van der Waals surface area (Å²) in [6.07, 6.45) is 0.641. The molecule has 4 amide bonds. The fourth-order valence-electron chi connectivity index (χ4n) is 4.19. The van der Waals surface area contributed by atoms with Crippen molar-refractivity contribution in [2.45, 2.75) is 18.9 Å². The Kier molecular flexibility index (Phi) is 5.41. The molecule has 172 valence electrons. The van der Waals surface area contributed by atoms with Gasteiger partial charge in [-0.05, 0) is 48.2 Å². The molecule has 3 aromatic carbocycles. The average Bonchev–Trinajstić information content (AvgIpc) is 3.39. The highest BCUT2D eigenvalue weighted by Crippen LogP contribution is 2.37. The first-order chi connectivity index (χ1) is 16.4. The molecule has 1 saturated heterocycles. The normalized spacial score (nSPS) is 18.7. The molecule has 5 rings (SSSR count). The Hall–Kier alpha value is -4.33. The van der Waals surface area contributed by atoms with Gasteiger partial charge < -0.3 is 20.1 Å². The molecule has 34 heavy (non-hydrogen) atoms. The quantitative estimate of drug-likeness (QED) is 0.553. The molecule has 1 fully saturated rings. The number of benzene rings is 3. The molecule has 0 aromatic heterocycles. The van der Waals surface area contributed by atoms with Crippen molar-refractivity contribution in [2.24, 2.45) is 0 Å². The second-order valence-electron chi connectivity index (χ2n) is 8.38. The van der Waals surface area contributed by atoms with E-state index in [2.05, 4.69) is 10.6 Å². The highest BCUT2D eigenvalue weighted by atomic mass is 16.7. The summed E-state index contributed by atoms with van der Waals surface area (Å²) in [6, 6.07) is 21.8. The number of nitrogens with one attached hydrogen (secondary N) is 2. The Morgan fingerprint density at radius 2 is 1.74 bits per heavy atom. The van der Waals surface area contributed by atoms with E-state index in [0.717, 1.165) is 16.0 Å². The number of urea groups is 1. The molecule has 3 aromatic rings. The minimum absolute atomic E-state index is 0.105. The maximum Gasteiger partial charge on any atom is 0.325 e. The summed E-state index contributed by atoms with van der Waals surface area (Å²) in [6.45, 7) is 1.32. The molecule has 0 radical (unpaired) electrons. The van der Waals surface area contributed by atoms with E-state index in [4.69, 9.17) is 9.47 Å². The summed E-state index contributed by atoms with van der Waals surface area (Å²) < 4.78 is 10.7. The van der Waals surface area contributed by atoms with Gasteiger partial charge in [-0.15, -0.1) is 0 Å². The maximum atomic E-state index is 13.2. The minimum Gasteiger partial charge on any atom is -0.454 e. The Labute approximate surface area is 196 Å². The van der Waals surface area contributed by atoms with Crippen LogP contribution in [-0.2, 0) is 21.5 Å². The second kappa shape index (κ2) is 8.55. The van der Waals surface area contributed by atoms with Crippen LogP contribution in [0.15, 0.2) is 72.8 Å². The van der Waals surface area contributed by atoms with Crippen LogP contribution in [0, 0.1) is 0 Å².